The molecule has 0 saturated heterocycles. The van der Waals surface area contributed by atoms with E-state index in [1.54, 1.807) is 0 Å². The first-order valence-electron chi connectivity index (χ1n) is 23.5. The molecule has 0 unspecified atom stereocenters. The molecule has 324 valence electrons. The van der Waals surface area contributed by atoms with Gasteiger partial charge in [-0.25, -0.2) is 0 Å². The van der Waals surface area contributed by atoms with E-state index >= 15 is 0 Å². The van der Waals surface area contributed by atoms with Crippen LogP contribution in [0.3, 0.4) is 0 Å². The largest absolute Gasteiger partial charge is 0.457 e. The lowest BCUT2D eigenvalue weighted by Gasteiger charge is -2.44. The van der Waals surface area contributed by atoms with Crippen molar-refractivity contribution in [2.45, 2.75) is 5.41 Å². The summed E-state index contributed by atoms with van der Waals surface area (Å²) < 4.78 is 20.2. The molecule has 0 bridgehead atoms. The number of hydrogen-bond acceptors (Lipinski definition) is 4. The average Bonchev–Trinajstić information content (AvgIpc) is 3.80. The topological polar surface area (TPSA) is 34.8 Å². The minimum absolute atomic E-state index is 0.633. The van der Waals surface area contributed by atoms with E-state index in [0.29, 0.717) is 0 Å². The Morgan fingerprint density at radius 2 is 0.797 bits per heavy atom. The Bertz CT molecular complexity index is 3900. The van der Waals surface area contributed by atoms with E-state index in [1.165, 1.54) is 16.7 Å². The van der Waals surface area contributed by atoms with Crippen molar-refractivity contribution < 1.29 is 13.9 Å². The Morgan fingerprint density at radius 1 is 0.304 bits per heavy atom. The molecule has 4 nitrogen and oxygen atoms in total. The lowest BCUT2D eigenvalue weighted by Crippen LogP contribution is -2.36. The van der Waals surface area contributed by atoms with E-state index in [9.17, 15) is 0 Å². The number of fused-ring (bicyclic) bond motifs is 13. The molecule has 11 aromatic carbocycles. The highest BCUT2D eigenvalue weighted by molar-refractivity contribution is 6.15. The first-order valence-corrected chi connectivity index (χ1v) is 23.5. The number of nitrogens with zero attached hydrogens (tertiary/aromatic N) is 1. The second-order valence-corrected chi connectivity index (χ2v) is 17.9. The van der Waals surface area contributed by atoms with Gasteiger partial charge in [0.15, 0.2) is 0 Å². The normalized spacial score (nSPS) is 13.0. The van der Waals surface area contributed by atoms with Gasteiger partial charge in [-0.2, -0.15) is 0 Å². The van der Waals surface area contributed by atoms with Gasteiger partial charge in [-0.1, -0.05) is 176 Å². The smallest absolute Gasteiger partial charge is 0.143 e. The number of ether oxygens (including phenoxy) is 2. The van der Waals surface area contributed by atoms with Gasteiger partial charge in [-0.05, 0) is 105 Å². The van der Waals surface area contributed by atoms with E-state index < -0.39 is 5.41 Å². The van der Waals surface area contributed by atoms with Gasteiger partial charge < -0.3 is 18.8 Å². The van der Waals surface area contributed by atoms with Gasteiger partial charge >= 0.3 is 0 Å². The van der Waals surface area contributed by atoms with Gasteiger partial charge in [0, 0.05) is 61.5 Å². The fraction of sp³-hybridized carbons (Fsp3) is 0.0154. The molecule has 2 aliphatic heterocycles. The molecule has 0 amide bonds. The maximum absolute atomic E-state index is 6.87. The molecule has 0 radical (unpaired) electrons. The molecule has 14 rings (SSSR count). The van der Waals surface area contributed by atoms with Crippen LogP contribution in [-0.4, -0.2) is 0 Å². The Balaban J connectivity index is 0.882. The van der Waals surface area contributed by atoms with Crippen LogP contribution in [0, 0.1) is 0 Å². The maximum Gasteiger partial charge on any atom is 0.143 e. The second kappa shape index (κ2) is 15.5. The predicted octanol–water partition coefficient (Wildman–Crippen LogP) is 17.8. The number of furan rings is 1. The molecule has 3 heterocycles. The zero-order valence-corrected chi connectivity index (χ0v) is 37.3. The highest BCUT2D eigenvalue weighted by Gasteiger charge is 2.50. The molecule has 0 saturated carbocycles. The monoisotopic (exact) mass is 883 g/mol. The molecular formula is C65H41NO3. The van der Waals surface area contributed by atoms with Crippen LogP contribution in [-0.2, 0) is 5.41 Å². The van der Waals surface area contributed by atoms with Gasteiger partial charge in [-0.3, -0.25) is 0 Å². The van der Waals surface area contributed by atoms with Gasteiger partial charge in [0.2, 0.25) is 0 Å². The van der Waals surface area contributed by atoms with Crippen LogP contribution < -0.4 is 14.4 Å². The van der Waals surface area contributed by atoms with Crippen molar-refractivity contribution in [1.29, 1.82) is 0 Å². The Labute approximate surface area is 399 Å². The summed E-state index contributed by atoms with van der Waals surface area (Å²) in [5.74, 6) is 3.36. The minimum Gasteiger partial charge on any atom is -0.457 e. The highest BCUT2D eigenvalue weighted by atomic mass is 16.5. The molecule has 2 aliphatic rings. The SMILES string of the molecule is c1ccc(-c2ccccc2-c2ccc(N(c3ccc(-c4ccc5c(c4)Oc4ccccc4C54c5ccccc5Oc5ccccc54)cc3)c3ccc4c(c3)oc3c5ccccc5ccc43)cc2)cc1. The van der Waals surface area contributed by atoms with Crippen LogP contribution in [0.25, 0.3) is 66.1 Å². The molecule has 0 N–H and O–H groups in total. The van der Waals surface area contributed by atoms with Crippen LogP contribution in [0.15, 0.2) is 253 Å². The van der Waals surface area contributed by atoms with Crippen LogP contribution >= 0.6 is 0 Å². The summed E-state index contributed by atoms with van der Waals surface area (Å²) in [6.07, 6.45) is 0. The summed E-state index contributed by atoms with van der Waals surface area (Å²) in [6, 6.07) is 88.3. The average molecular weight is 884 g/mol. The first kappa shape index (κ1) is 39.1. The lowest BCUT2D eigenvalue weighted by atomic mass is 9.62. The van der Waals surface area contributed by atoms with E-state index in [-0.39, 0.29) is 0 Å². The Kier molecular flexibility index (Phi) is 8.77. The minimum atomic E-state index is -0.633. The number of rotatable bonds is 6. The third-order valence-corrected chi connectivity index (χ3v) is 14.2. The first-order chi connectivity index (χ1) is 34.2. The summed E-state index contributed by atoms with van der Waals surface area (Å²) in [6.45, 7) is 0. The summed E-state index contributed by atoms with van der Waals surface area (Å²) in [5.41, 5.74) is 15.4. The maximum atomic E-state index is 6.87. The van der Waals surface area contributed by atoms with Crippen molar-refractivity contribution in [2.24, 2.45) is 0 Å². The number of hydrogen-bond donors (Lipinski definition) is 0. The number of para-hydroxylation sites is 3. The van der Waals surface area contributed by atoms with Crippen molar-refractivity contribution in [3.05, 3.63) is 271 Å². The molecular weight excluding hydrogens is 843 g/mol. The van der Waals surface area contributed by atoms with Crippen molar-refractivity contribution >= 4 is 49.8 Å². The predicted molar refractivity (Wildman–Crippen MR) is 281 cm³/mol. The van der Waals surface area contributed by atoms with Crippen molar-refractivity contribution in [3.8, 4) is 56.4 Å². The van der Waals surface area contributed by atoms with Gasteiger partial charge in [0.1, 0.15) is 34.2 Å². The number of anilines is 3. The Morgan fingerprint density at radius 3 is 1.46 bits per heavy atom. The van der Waals surface area contributed by atoms with E-state index in [2.05, 4.69) is 235 Å². The molecule has 0 fully saturated rings. The van der Waals surface area contributed by atoms with Crippen LogP contribution in [0.2, 0.25) is 0 Å². The standard InChI is InChI=1S/C65H41NO3/c1-2-14-43(15-3-1)50-17-6-7-18-51(50)45-28-34-48(35-29-45)66(49-36-38-53-54-37-30-44-16-4-5-19-52(44)64(54)69-62(53)41-49)47-32-26-42(27-33-47)46-31-39-58-63(40-46)68-61-25-13-10-22-57(61)65(58)55-20-8-11-23-59(55)67-60-24-12-9-21-56(60)65/h1-41H. The molecule has 4 heteroatoms. The van der Waals surface area contributed by atoms with Crippen molar-refractivity contribution in [1.82, 2.24) is 0 Å². The fourth-order valence-corrected chi connectivity index (χ4v) is 11.1. The summed E-state index contributed by atoms with van der Waals surface area (Å²) in [7, 11) is 0. The van der Waals surface area contributed by atoms with E-state index in [4.69, 9.17) is 13.9 Å². The summed E-state index contributed by atoms with van der Waals surface area (Å²) >= 11 is 0. The molecule has 12 aromatic rings. The van der Waals surface area contributed by atoms with Crippen LogP contribution in [0.4, 0.5) is 17.1 Å². The van der Waals surface area contributed by atoms with E-state index in [0.717, 1.165) is 112 Å². The fourth-order valence-electron chi connectivity index (χ4n) is 11.1. The Hall–Kier alpha value is -9.12. The van der Waals surface area contributed by atoms with Gasteiger partial charge in [0.25, 0.3) is 0 Å². The molecule has 69 heavy (non-hydrogen) atoms. The van der Waals surface area contributed by atoms with Crippen molar-refractivity contribution in [2.75, 3.05) is 4.90 Å². The zero-order valence-electron chi connectivity index (χ0n) is 37.3. The summed E-state index contributed by atoms with van der Waals surface area (Å²) in [5, 5.41) is 4.48. The van der Waals surface area contributed by atoms with E-state index in [1.807, 2.05) is 18.2 Å². The van der Waals surface area contributed by atoms with Gasteiger partial charge in [-0.15, -0.1) is 0 Å². The summed E-state index contributed by atoms with van der Waals surface area (Å²) in [4.78, 5) is 2.32. The van der Waals surface area contributed by atoms with Crippen LogP contribution in [0.5, 0.6) is 23.0 Å². The number of benzene rings is 11. The molecule has 0 atom stereocenters. The molecule has 1 spiro atoms. The quantitative estimate of drug-likeness (QED) is 0.167. The van der Waals surface area contributed by atoms with Crippen LogP contribution in [0.1, 0.15) is 22.3 Å². The van der Waals surface area contributed by atoms with Gasteiger partial charge in [0.05, 0.1) is 5.41 Å². The lowest BCUT2D eigenvalue weighted by molar-refractivity contribution is 0.399. The second-order valence-electron chi connectivity index (χ2n) is 17.9. The third kappa shape index (κ3) is 6.09. The zero-order chi connectivity index (χ0) is 45.5. The molecule has 1 aromatic heterocycles. The van der Waals surface area contributed by atoms with Crippen molar-refractivity contribution in [3.63, 3.8) is 0 Å². The highest BCUT2D eigenvalue weighted by Crippen LogP contribution is 2.61. The molecule has 0 aliphatic carbocycles. The third-order valence-electron chi connectivity index (χ3n) is 14.2.